The third-order valence-corrected chi connectivity index (χ3v) is 2.65. The van der Waals surface area contributed by atoms with Gasteiger partial charge in [0.2, 0.25) is 5.89 Å². The second-order valence-electron chi connectivity index (χ2n) is 4.84. The number of aryl methyl sites for hydroxylation is 1. The predicted molar refractivity (Wildman–Crippen MR) is 65.5 cm³/mol. The Bertz CT molecular complexity index is 511. The van der Waals surface area contributed by atoms with E-state index in [1.807, 2.05) is 26.0 Å². The summed E-state index contributed by atoms with van der Waals surface area (Å²) in [6, 6.07) is 8.15. The van der Waals surface area contributed by atoms with Crippen molar-refractivity contribution in [3.8, 4) is 0 Å². The quantitative estimate of drug-likeness (QED) is 0.879. The van der Waals surface area contributed by atoms with Crippen LogP contribution in [0.4, 0.5) is 0 Å². The van der Waals surface area contributed by atoms with Gasteiger partial charge >= 0.3 is 0 Å². The lowest BCUT2D eigenvalue weighted by atomic mass is 10.1. The molecule has 0 aliphatic heterocycles. The van der Waals surface area contributed by atoms with Crippen molar-refractivity contribution in [3.05, 3.63) is 47.1 Å². The molecule has 0 saturated carbocycles. The van der Waals surface area contributed by atoms with Crippen LogP contribution in [0.5, 0.6) is 0 Å². The molecule has 0 bridgehead atoms. The molecule has 4 nitrogen and oxygen atoms in total. The molecule has 2 aromatic rings. The van der Waals surface area contributed by atoms with E-state index >= 15 is 0 Å². The summed E-state index contributed by atoms with van der Waals surface area (Å²) < 4.78 is 5.21. The molecular weight excluding hydrogens is 214 g/mol. The molecule has 2 N–H and O–H groups in total. The van der Waals surface area contributed by atoms with Gasteiger partial charge in [-0.25, -0.2) is 0 Å². The number of rotatable bonds is 3. The first-order valence-electron chi connectivity index (χ1n) is 5.63. The molecular formula is C13H17N3O. The third-order valence-electron chi connectivity index (χ3n) is 2.65. The first-order valence-corrected chi connectivity index (χ1v) is 5.63. The van der Waals surface area contributed by atoms with Crippen molar-refractivity contribution in [2.75, 3.05) is 0 Å². The Morgan fingerprint density at radius 2 is 2.00 bits per heavy atom. The van der Waals surface area contributed by atoms with Gasteiger partial charge in [0.15, 0.2) is 5.82 Å². The molecule has 0 aliphatic carbocycles. The minimum atomic E-state index is -0.562. The van der Waals surface area contributed by atoms with E-state index in [-0.39, 0.29) is 0 Å². The molecule has 0 amide bonds. The molecule has 1 heterocycles. The first kappa shape index (κ1) is 11.8. The number of hydrogen-bond donors (Lipinski definition) is 1. The highest BCUT2D eigenvalue weighted by Gasteiger charge is 2.21. The van der Waals surface area contributed by atoms with E-state index in [9.17, 15) is 0 Å². The molecule has 0 fully saturated rings. The van der Waals surface area contributed by atoms with E-state index in [1.165, 1.54) is 11.1 Å². The largest absolute Gasteiger partial charge is 0.339 e. The Balaban J connectivity index is 2.21. The fourth-order valence-corrected chi connectivity index (χ4v) is 1.56. The molecule has 0 unspecified atom stereocenters. The molecule has 0 spiro atoms. The molecule has 0 radical (unpaired) electrons. The van der Waals surface area contributed by atoms with Crippen LogP contribution in [-0.4, -0.2) is 10.1 Å². The van der Waals surface area contributed by atoms with Gasteiger partial charge in [-0.2, -0.15) is 4.98 Å². The Kier molecular flexibility index (Phi) is 2.98. The predicted octanol–water partition coefficient (Wildman–Crippen LogP) is 2.16. The van der Waals surface area contributed by atoms with Gasteiger partial charge in [-0.05, 0) is 31.9 Å². The molecule has 0 atom stereocenters. The molecule has 90 valence electrons. The molecule has 2 rings (SSSR count). The average molecular weight is 231 g/mol. The minimum Gasteiger partial charge on any atom is -0.339 e. The van der Waals surface area contributed by atoms with E-state index in [0.29, 0.717) is 18.1 Å². The van der Waals surface area contributed by atoms with Gasteiger partial charge in [0, 0.05) is 0 Å². The zero-order chi connectivity index (χ0) is 12.5. The van der Waals surface area contributed by atoms with Gasteiger partial charge in [0.1, 0.15) is 0 Å². The number of aromatic nitrogens is 2. The van der Waals surface area contributed by atoms with Crippen molar-refractivity contribution in [2.24, 2.45) is 5.73 Å². The summed E-state index contributed by atoms with van der Waals surface area (Å²) in [5.41, 5.74) is 7.76. The van der Waals surface area contributed by atoms with Crippen molar-refractivity contribution < 1.29 is 4.52 Å². The Hall–Kier alpha value is -1.68. The van der Waals surface area contributed by atoms with Gasteiger partial charge in [-0.3, -0.25) is 0 Å². The minimum absolute atomic E-state index is 0.543. The molecule has 0 aliphatic rings. The number of hydrogen-bond acceptors (Lipinski definition) is 4. The van der Waals surface area contributed by atoms with Crippen LogP contribution in [0.1, 0.15) is 36.7 Å². The van der Waals surface area contributed by atoms with E-state index in [4.69, 9.17) is 10.3 Å². The summed E-state index contributed by atoms with van der Waals surface area (Å²) in [6.07, 6.45) is 0.649. The first-order chi connectivity index (χ1) is 7.97. The average Bonchev–Trinajstić information content (AvgIpc) is 2.69. The second kappa shape index (κ2) is 4.30. The normalized spacial score (nSPS) is 11.8. The maximum atomic E-state index is 5.91. The monoisotopic (exact) mass is 231 g/mol. The highest BCUT2D eigenvalue weighted by atomic mass is 16.5. The zero-order valence-electron chi connectivity index (χ0n) is 10.4. The summed E-state index contributed by atoms with van der Waals surface area (Å²) in [5.74, 6) is 1.15. The maximum Gasteiger partial charge on any atom is 0.231 e. The van der Waals surface area contributed by atoms with Crippen molar-refractivity contribution in [3.63, 3.8) is 0 Å². The highest BCUT2D eigenvalue weighted by molar-refractivity contribution is 5.27. The van der Waals surface area contributed by atoms with E-state index in [0.717, 1.165) is 0 Å². The summed E-state index contributed by atoms with van der Waals surface area (Å²) in [4.78, 5) is 4.32. The lowest BCUT2D eigenvalue weighted by Gasteiger charge is -2.11. The third kappa shape index (κ3) is 2.71. The smallest absolute Gasteiger partial charge is 0.231 e. The molecule has 1 aromatic heterocycles. The van der Waals surface area contributed by atoms with Crippen LogP contribution in [0.25, 0.3) is 0 Å². The van der Waals surface area contributed by atoms with Crippen LogP contribution in [0.2, 0.25) is 0 Å². The van der Waals surface area contributed by atoms with Crippen molar-refractivity contribution in [1.29, 1.82) is 0 Å². The Labute approximate surface area is 101 Å². The number of nitrogens with two attached hydrogens (primary N) is 1. The van der Waals surface area contributed by atoms with Gasteiger partial charge in [-0.1, -0.05) is 29.4 Å². The summed E-state index contributed by atoms with van der Waals surface area (Å²) in [6.45, 7) is 5.78. The summed E-state index contributed by atoms with van der Waals surface area (Å²) >= 11 is 0. The second-order valence-corrected chi connectivity index (χ2v) is 4.84. The fourth-order valence-electron chi connectivity index (χ4n) is 1.56. The van der Waals surface area contributed by atoms with Crippen LogP contribution in [0, 0.1) is 6.92 Å². The van der Waals surface area contributed by atoms with Crippen LogP contribution >= 0.6 is 0 Å². The Morgan fingerprint density at radius 3 is 2.59 bits per heavy atom. The van der Waals surface area contributed by atoms with Gasteiger partial charge in [-0.15, -0.1) is 0 Å². The molecule has 4 heteroatoms. The molecule has 1 aromatic carbocycles. The SMILES string of the molecule is Cc1ccccc1Cc1nc(C(C)(C)N)no1. The van der Waals surface area contributed by atoms with E-state index < -0.39 is 5.54 Å². The van der Waals surface area contributed by atoms with Crippen LogP contribution in [0.3, 0.4) is 0 Å². The van der Waals surface area contributed by atoms with Crippen molar-refractivity contribution in [2.45, 2.75) is 32.7 Å². The van der Waals surface area contributed by atoms with Crippen LogP contribution in [0.15, 0.2) is 28.8 Å². The van der Waals surface area contributed by atoms with Crippen LogP contribution in [-0.2, 0) is 12.0 Å². The lowest BCUT2D eigenvalue weighted by Crippen LogP contribution is -2.30. The summed E-state index contributed by atoms with van der Waals surface area (Å²) in [5, 5.41) is 3.90. The van der Waals surface area contributed by atoms with Crippen molar-refractivity contribution >= 4 is 0 Å². The summed E-state index contributed by atoms with van der Waals surface area (Å²) in [7, 11) is 0. The van der Waals surface area contributed by atoms with Gasteiger partial charge in [0.25, 0.3) is 0 Å². The highest BCUT2D eigenvalue weighted by Crippen LogP contribution is 2.16. The Morgan fingerprint density at radius 1 is 1.29 bits per heavy atom. The maximum absolute atomic E-state index is 5.91. The number of nitrogens with zero attached hydrogens (tertiary/aromatic N) is 2. The molecule has 17 heavy (non-hydrogen) atoms. The van der Waals surface area contributed by atoms with Gasteiger partial charge in [0.05, 0.1) is 12.0 Å². The number of benzene rings is 1. The van der Waals surface area contributed by atoms with Crippen molar-refractivity contribution in [1.82, 2.24) is 10.1 Å². The fraction of sp³-hybridized carbons (Fsp3) is 0.385. The van der Waals surface area contributed by atoms with E-state index in [2.05, 4.69) is 29.2 Å². The zero-order valence-corrected chi connectivity index (χ0v) is 10.4. The molecule has 0 saturated heterocycles. The van der Waals surface area contributed by atoms with Crippen LogP contribution < -0.4 is 5.73 Å². The lowest BCUT2D eigenvalue weighted by molar-refractivity contribution is 0.365. The topological polar surface area (TPSA) is 64.9 Å². The van der Waals surface area contributed by atoms with Gasteiger partial charge < -0.3 is 10.3 Å². The standard InChI is InChI=1S/C13H17N3O/c1-9-6-4-5-7-10(9)8-11-15-12(16-17-11)13(2,3)14/h4-7H,8,14H2,1-3H3. The van der Waals surface area contributed by atoms with E-state index in [1.54, 1.807) is 0 Å².